The number of benzene rings is 1. The Hall–Kier alpha value is -3.49. The molecule has 1 fully saturated rings. The second kappa shape index (κ2) is 8.03. The Balaban J connectivity index is 1.44. The monoisotopic (exact) mass is 379 g/mol. The fourth-order valence-corrected chi connectivity index (χ4v) is 3.20. The minimum absolute atomic E-state index is 0.00491. The number of carbonyl (C=O) groups excluding carboxylic acids is 1. The highest BCUT2D eigenvalue weighted by Gasteiger charge is 2.25. The van der Waals surface area contributed by atoms with E-state index in [4.69, 9.17) is 4.74 Å². The largest absolute Gasteiger partial charge is 0.493 e. The fourth-order valence-electron chi connectivity index (χ4n) is 3.20. The van der Waals surface area contributed by atoms with Crippen molar-refractivity contribution in [3.05, 3.63) is 54.9 Å². The smallest absolute Gasteiger partial charge is 0.257 e. The average molecular weight is 379 g/mol. The first kappa shape index (κ1) is 17.9. The van der Waals surface area contributed by atoms with E-state index in [-0.39, 0.29) is 5.91 Å². The molecule has 1 amide bonds. The third kappa shape index (κ3) is 3.64. The average Bonchev–Trinajstić information content (AvgIpc) is 3.29. The number of piperazine rings is 1. The molecule has 3 heterocycles. The van der Waals surface area contributed by atoms with E-state index in [9.17, 15) is 4.79 Å². The summed E-state index contributed by atoms with van der Waals surface area (Å²) in [5.74, 6) is 2.09. The lowest BCUT2D eigenvalue weighted by molar-refractivity contribution is 0.0742. The normalized spacial score (nSPS) is 14.2. The first-order valence-corrected chi connectivity index (χ1v) is 9.19. The molecule has 28 heavy (non-hydrogen) atoms. The summed E-state index contributed by atoms with van der Waals surface area (Å²) < 4.78 is 7.19. The van der Waals surface area contributed by atoms with Crippen molar-refractivity contribution in [1.82, 2.24) is 29.6 Å². The number of rotatable bonds is 5. The third-order valence-corrected chi connectivity index (χ3v) is 4.60. The Bertz CT molecular complexity index is 937. The van der Waals surface area contributed by atoms with Crippen molar-refractivity contribution >= 4 is 11.7 Å². The van der Waals surface area contributed by atoms with Gasteiger partial charge in [-0.25, -0.2) is 19.6 Å². The molecule has 0 saturated carbocycles. The number of hydrogen-bond donors (Lipinski definition) is 0. The van der Waals surface area contributed by atoms with Crippen molar-refractivity contribution in [2.75, 3.05) is 37.7 Å². The molecule has 0 spiro atoms. The van der Waals surface area contributed by atoms with Gasteiger partial charge in [0, 0.05) is 32.2 Å². The highest BCUT2D eigenvalue weighted by Crippen LogP contribution is 2.22. The van der Waals surface area contributed by atoms with Crippen LogP contribution in [-0.2, 0) is 0 Å². The molecule has 9 heteroatoms. The summed E-state index contributed by atoms with van der Waals surface area (Å²) >= 11 is 0. The zero-order chi connectivity index (χ0) is 19.3. The van der Waals surface area contributed by atoms with Crippen LogP contribution in [0.15, 0.2) is 49.3 Å². The van der Waals surface area contributed by atoms with Crippen molar-refractivity contribution in [3.8, 4) is 11.6 Å². The van der Waals surface area contributed by atoms with Crippen molar-refractivity contribution in [2.45, 2.75) is 6.92 Å². The number of amides is 1. The molecule has 0 N–H and O–H groups in total. The maximum absolute atomic E-state index is 12.9. The number of para-hydroxylation sites is 1. The predicted molar refractivity (Wildman–Crippen MR) is 103 cm³/mol. The minimum Gasteiger partial charge on any atom is -0.493 e. The molecule has 0 bridgehead atoms. The Morgan fingerprint density at radius 3 is 2.61 bits per heavy atom. The van der Waals surface area contributed by atoms with Gasteiger partial charge in [0.2, 0.25) is 0 Å². The Kier molecular flexibility index (Phi) is 5.14. The molecule has 144 valence electrons. The van der Waals surface area contributed by atoms with Gasteiger partial charge in [0.05, 0.1) is 12.2 Å². The van der Waals surface area contributed by atoms with Crippen LogP contribution in [0.2, 0.25) is 0 Å². The lowest BCUT2D eigenvalue weighted by Gasteiger charge is -2.35. The summed E-state index contributed by atoms with van der Waals surface area (Å²) in [6.07, 6.45) is 4.58. The van der Waals surface area contributed by atoms with E-state index in [0.29, 0.717) is 49.9 Å². The van der Waals surface area contributed by atoms with Gasteiger partial charge in [-0.3, -0.25) is 4.79 Å². The molecule has 1 aromatic carbocycles. The molecular formula is C19H21N7O2. The summed E-state index contributed by atoms with van der Waals surface area (Å²) in [7, 11) is 0. The Labute approximate surface area is 162 Å². The highest BCUT2D eigenvalue weighted by atomic mass is 16.5. The molecule has 1 saturated heterocycles. The van der Waals surface area contributed by atoms with Crippen molar-refractivity contribution in [1.29, 1.82) is 0 Å². The van der Waals surface area contributed by atoms with Crippen molar-refractivity contribution < 1.29 is 9.53 Å². The van der Waals surface area contributed by atoms with Crippen LogP contribution in [0.3, 0.4) is 0 Å². The lowest BCUT2D eigenvalue weighted by Crippen LogP contribution is -2.49. The molecule has 1 aliphatic heterocycles. The van der Waals surface area contributed by atoms with Crippen LogP contribution in [0, 0.1) is 0 Å². The molecule has 0 unspecified atom stereocenters. The maximum atomic E-state index is 12.9. The quantitative estimate of drug-likeness (QED) is 0.662. The molecule has 9 nitrogen and oxygen atoms in total. The maximum Gasteiger partial charge on any atom is 0.257 e. The second-order valence-corrected chi connectivity index (χ2v) is 6.28. The zero-order valence-corrected chi connectivity index (χ0v) is 15.6. The lowest BCUT2D eigenvalue weighted by atomic mass is 10.1. The molecule has 4 rings (SSSR count). The van der Waals surface area contributed by atoms with Crippen LogP contribution < -0.4 is 9.64 Å². The number of carbonyl (C=O) groups is 1. The topological polar surface area (TPSA) is 89.3 Å². The van der Waals surface area contributed by atoms with E-state index in [0.717, 1.165) is 5.82 Å². The fraction of sp³-hybridized carbons (Fsp3) is 0.316. The minimum atomic E-state index is -0.00491. The molecule has 3 aromatic rings. The number of nitrogens with zero attached hydrogens (tertiary/aromatic N) is 7. The molecule has 0 aliphatic carbocycles. The zero-order valence-electron chi connectivity index (χ0n) is 15.6. The summed E-state index contributed by atoms with van der Waals surface area (Å²) in [5, 5.41) is 4.10. The molecule has 1 aliphatic rings. The second-order valence-electron chi connectivity index (χ2n) is 6.28. The number of ether oxygens (including phenoxy) is 1. The highest BCUT2D eigenvalue weighted by molar-refractivity contribution is 5.97. The first-order valence-electron chi connectivity index (χ1n) is 9.19. The third-order valence-electron chi connectivity index (χ3n) is 4.60. The standard InChI is InChI=1S/C19H21N7O2/c1-2-28-16-6-4-3-5-15(16)19(27)25-9-7-24(8-10-25)17-11-18(22-13-21-17)26-14-20-12-23-26/h3-6,11-14H,2,7-10H2,1H3. The number of anilines is 1. The van der Waals surface area contributed by atoms with E-state index >= 15 is 0 Å². The Morgan fingerprint density at radius 1 is 1.07 bits per heavy atom. The molecule has 2 aromatic heterocycles. The first-order chi connectivity index (χ1) is 13.8. The van der Waals surface area contributed by atoms with Crippen LogP contribution in [0.1, 0.15) is 17.3 Å². The summed E-state index contributed by atoms with van der Waals surface area (Å²) in [5.41, 5.74) is 0.605. The Morgan fingerprint density at radius 2 is 1.86 bits per heavy atom. The summed E-state index contributed by atoms with van der Waals surface area (Å²) in [4.78, 5) is 29.5. The molecular weight excluding hydrogens is 358 g/mol. The van der Waals surface area contributed by atoms with Gasteiger partial charge >= 0.3 is 0 Å². The van der Waals surface area contributed by atoms with E-state index in [2.05, 4.69) is 25.0 Å². The predicted octanol–water partition coefficient (Wildman–Crippen LogP) is 1.42. The van der Waals surface area contributed by atoms with Crippen molar-refractivity contribution in [2.24, 2.45) is 0 Å². The van der Waals surface area contributed by atoms with Crippen LogP contribution in [0.5, 0.6) is 5.75 Å². The van der Waals surface area contributed by atoms with Gasteiger partial charge in [-0.2, -0.15) is 5.10 Å². The van der Waals surface area contributed by atoms with E-state index in [1.165, 1.54) is 12.7 Å². The van der Waals surface area contributed by atoms with Crippen molar-refractivity contribution in [3.63, 3.8) is 0 Å². The molecule has 0 radical (unpaired) electrons. The van der Waals surface area contributed by atoms with Gasteiger partial charge in [-0.1, -0.05) is 12.1 Å². The van der Waals surface area contributed by atoms with Crippen LogP contribution in [-0.4, -0.2) is 68.3 Å². The van der Waals surface area contributed by atoms with E-state index in [1.54, 1.807) is 11.0 Å². The summed E-state index contributed by atoms with van der Waals surface area (Å²) in [6, 6.07) is 9.25. The number of aromatic nitrogens is 5. The van der Waals surface area contributed by atoms with Crippen LogP contribution >= 0.6 is 0 Å². The van der Waals surface area contributed by atoms with Gasteiger partial charge in [0.15, 0.2) is 5.82 Å². The van der Waals surface area contributed by atoms with Gasteiger partial charge in [0.25, 0.3) is 5.91 Å². The SMILES string of the molecule is CCOc1ccccc1C(=O)N1CCN(c2cc(-n3cncn3)ncn2)CC1. The van der Waals surface area contributed by atoms with Crippen LogP contribution in [0.4, 0.5) is 5.82 Å². The summed E-state index contributed by atoms with van der Waals surface area (Å²) in [6.45, 7) is 5.05. The van der Waals surface area contributed by atoms with Gasteiger partial charge in [-0.05, 0) is 19.1 Å². The van der Waals surface area contributed by atoms with Crippen LogP contribution in [0.25, 0.3) is 5.82 Å². The van der Waals surface area contributed by atoms with Gasteiger partial charge in [0.1, 0.15) is 30.5 Å². The number of hydrogen-bond acceptors (Lipinski definition) is 7. The van der Waals surface area contributed by atoms with E-state index in [1.807, 2.05) is 42.2 Å². The van der Waals surface area contributed by atoms with Gasteiger partial charge < -0.3 is 14.5 Å². The molecule has 0 atom stereocenters. The van der Waals surface area contributed by atoms with E-state index < -0.39 is 0 Å². The van der Waals surface area contributed by atoms with Gasteiger partial charge in [-0.15, -0.1) is 0 Å².